The van der Waals surface area contributed by atoms with Crippen LogP contribution < -0.4 is 11.3 Å². The van der Waals surface area contributed by atoms with Gasteiger partial charge in [0.1, 0.15) is 0 Å². The molecule has 0 aromatic carbocycles. The summed E-state index contributed by atoms with van der Waals surface area (Å²) in [5, 5.41) is 0. The number of pyridine rings is 1. The third-order valence-electron chi connectivity index (χ3n) is 1.71. The summed E-state index contributed by atoms with van der Waals surface area (Å²) in [6.07, 6.45) is 1.68. The van der Waals surface area contributed by atoms with Crippen LogP contribution in [0.5, 0.6) is 0 Å². The average molecular weight is 152 g/mol. The molecule has 1 heterocycles. The fourth-order valence-corrected chi connectivity index (χ4v) is 0.932. The largest absolute Gasteiger partial charge is 0.397 e. The quantitative estimate of drug-likeness (QED) is 0.645. The zero-order valence-electron chi connectivity index (χ0n) is 6.79. The molecule has 0 radical (unpaired) electrons. The van der Waals surface area contributed by atoms with Crippen molar-refractivity contribution in [1.29, 1.82) is 0 Å². The van der Waals surface area contributed by atoms with Crippen molar-refractivity contribution in [2.45, 2.75) is 20.4 Å². The van der Waals surface area contributed by atoms with E-state index in [-0.39, 0.29) is 5.56 Å². The van der Waals surface area contributed by atoms with Crippen molar-refractivity contribution < 1.29 is 0 Å². The van der Waals surface area contributed by atoms with Crippen LogP contribution in [0.1, 0.15) is 12.5 Å². The fourth-order valence-electron chi connectivity index (χ4n) is 0.932. The number of anilines is 1. The van der Waals surface area contributed by atoms with Gasteiger partial charge in [0.25, 0.3) is 5.56 Å². The molecule has 0 unspecified atom stereocenters. The molecule has 1 rings (SSSR count). The van der Waals surface area contributed by atoms with Crippen molar-refractivity contribution in [2.24, 2.45) is 0 Å². The minimum absolute atomic E-state index is 0.0131. The SMILES string of the molecule is CCn1cc(N)c(C)cc1=O. The summed E-state index contributed by atoms with van der Waals surface area (Å²) < 4.78 is 1.59. The highest BCUT2D eigenvalue weighted by molar-refractivity contribution is 5.42. The molecule has 0 aliphatic heterocycles. The Balaban J connectivity index is 3.32. The highest BCUT2D eigenvalue weighted by Crippen LogP contribution is 2.04. The highest BCUT2D eigenvalue weighted by atomic mass is 16.1. The van der Waals surface area contributed by atoms with Crippen LogP contribution >= 0.6 is 0 Å². The van der Waals surface area contributed by atoms with Crippen LogP contribution in [0, 0.1) is 6.92 Å². The van der Waals surface area contributed by atoms with Gasteiger partial charge in [0.2, 0.25) is 0 Å². The van der Waals surface area contributed by atoms with Gasteiger partial charge in [0.05, 0.1) is 5.69 Å². The van der Waals surface area contributed by atoms with Gasteiger partial charge in [-0.15, -0.1) is 0 Å². The van der Waals surface area contributed by atoms with E-state index in [1.165, 1.54) is 0 Å². The van der Waals surface area contributed by atoms with Crippen LogP contribution in [0.2, 0.25) is 0 Å². The molecule has 0 saturated carbocycles. The van der Waals surface area contributed by atoms with Gasteiger partial charge in [0.15, 0.2) is 0 Å². The Morgan fingerprint density at radius 2 is 2.27 bits per heavy atom. The summed E-state index contributed by atoms with van der Waals surface area (Å²) in [7, 11) is 0. The van der Waals surface area contributed by atoms with Crippen molar-refractivity contribution >= 4 is 5.69 Å². The first-order valence-electron chi connectivity index (χ1n) is 3.61. The summed E-state index contributed by atoms with van der Waals surface area (Å²) in [6, 6.07) is 1.55. The maximum Gasteiger partial charge on any atom is 0.250 e. The Hall–Kier alpha value is -1.25. The average Bonchev–Trinajstić information content (AvgIpc) is 1.97. The molecule has 1 aromatic heterocycles. The van der Waals surface area contributed by atoms with E-state index >= 15 is 0 Å². The fraction of sp³-hybridized carbons (Fsp3) is 0.375. The lowest BCUT2D eigenvalue weighted by Crippen LogP contribution is -2.18. The second-order valence-electron chi connectivity index (χ2n) is 2.54. The third-order valence-corrected chi connectivity index (χ3v) is 1.71. The molecular weight excluding hydrogens is 140 g/mol. The number of aromatic nitrogens is 1. The van der Waals surface area contributed by atoms with Gasteiger partial charge >= 0.3 is 0 Å². The Labute approximate surface area is 65.5 Å². The van der Waals surface area contributed by atoms with Gasteiger partial charge in [0, 0.05) is 18.8 Å². The van der Waals surface area contributed by atoms with Gasteiger partial charge in [-0.25, -0.2) is 0 Å². The van der Waals surface area contributed by atoms with E-state index in [1.54, 1.807) is 16.8 Å². The lowest BCUT2D eigenvalue weighted by atomic mass is 10.2. The first kappa shape index (κ1) is 7.85. The summed E-state index contributed by atoms with van der Waals surface area (Å²) in [5.74, 6) is 0. The Morgan fingerprint density at radius 3 is 2.82 bits per heavy atom. The summed E-state index contributed by atoms with van der Waals surface area (Å²) in [5.41, 5.74) is 7.14. The molecular formula is C8H12N2O. The topological polar surface area (TPSA) is 48.0 Å². The van der Waals surface area contributed by atoms with Crippen LogP contribution in [0.25, 0.3) is 0 Å². The number of nitrogens with two attached hydrogens (primary N) is 1. The number of aryl methyl sites for hydroxylation is 2. The number of nitrogens with zero attached hydrogens (tertiary/aromatic N) is 1. The smallest absolute Gasteiger partial charge is 0.250 e. The Bertz CT molecular complexity index is 314. The molecule has 0 aliphatic rings. The van der Waals surface area contributed by atoms with Gasteiger partial charge in [-0.3, -0.25) is 4.79 Å². The molecule has 0 spiro atoms. The minimum atomic E-state index is 0.0131. The molecule has 3 heteroatoms. The summed E-state index contributed by atoms with van der Waals surface area (Å²) in [4.78, 5) is 11.1. The molecule has 2 N–H and O–H groups in total. The maximum atomic E-state index is 11.1. The van der Waals surface area contributed by atoms with E-state index in [1.807, 2.05) is 13.8 Å². The summed E-state index contributed by atoms with van der Waals surface area (Å²) >= 11 is 0. The molecule has 0 saturated heterocycles. The van der Waals surface area contributed by atoms with Crippen LogP contribution in [-0.2, 0) is 6.54 Å². The first-order valence-corrected chi connectivity index (χ1v) is 3.61. The molecule has 3 nitrogen and oxygen atoms in total. The molecule has 0 bridgehead atoms. The predicted octanol–water partition coefficient (Wildman–Crippen LogP) is 0.759. The predicted molar refractivity (Wildman–Crippen MR) is 45.5 cm³/mol. The number of hydrogen-bond donors (Lipinski definition) is 1. The number of rotatable bonds is 1. The van der Waals surface area contributed by atoms with Gasteiger partial charge in [-0.05, 0) is 19.4 Å². The summed E-state index contributed by atoms with van der Waals surface area (Å²) in [6.45, 7) is 4.41. The lowest BCUT2D eigenvalue weighted by Gasteiger charge is -2.04. The van der Waals surface area contributed by atoms with E-state index in [0.29, 0.717) is 12.2 Å². The second kappa shape index (κ2) is 2.78. The second-order valence-corrected chi connectivity index (χ2v) is 2.54. The molecule has 0 fully saturated rings. The van der Waals surface area contributed by atoms with Crippen LogP contribution in [0.15, 0.2) is 17.1 Å². The number of hydrogen-bond acceptors (Lipinski definition) is 2. The van der Waals surface area contributed by atoms with Gasteiger partial charge in [-0.2, -0.15) is 0 Å². The van der Waals surface area contributed by atoms with Crippen molar-refractivity contribution in [2.75, 3.05) is 5.73 Å². The highest BCUT2D eigenvalue weighted by Gasteiger charge is 1.96. The van der Waals surface area contributed by atoms with Crippen molar-refractivity contribution in [3.05, 3.63) is 28.2 Å². The molecule has 11 heavy (non-hydrogen) atoms. The molecule has 1 aromatic rings. The van der Waals surface area contributed by atoms with Gasteiger partial charge < -0.3 is 10.3 Å². The van der Waals surface area contributed by atoms with E-state index < -0.39 is 0 Å². The molecule has 0 amide bonds. The standard InChI is InChI=1S/C8H12N2O/c1-3-10-5-7(9)6(2)4-8(10)11/h4-5H,3,9H2,1-2H3. The van der Waals surface area contributed by atoms with E-state index in [4.69, 9.17) is 5.73 Å². The molecule has 0 atom stereocenters. The van der Waals surface area contributed by atoms with Crippen LogP contribution in [-0.4, -0.2) is 4.57 Å². The normalized spacial score (nSPS) is 10.0. The zero-order valence-corrected chi connectivity index (χ0v) is 6.79. The van der Waals surface area contributed by atoms with E-state index in [9.17, 15) is 4.79 Å². The Kier molecular flexibility index (Phi) is 1.98. The lowest BCUT2D eigenvalue weighted by molar-refractivity contribution is 0.727. The monoisotopic (exact) mass is 152 g/mol. The molecule has 0 aliphatic carbocycles. The van der Waals surface area contributed by atoms with E-state index in [2.05, 4.69) is 0 Å². The first-order chi connectivity index (χ1) is 5.15. The number of nitrogen functional groups attached to an aromatic ring is 1. The van der Waals surface area contributed by atoms with E-state index in [0.717, 1.165) is 5.56 Å². The van der Waals surface area contributed by atoms with Crippen molar-refractivity contribution in [3.63, 3.8) is 0 Å². The van der Waals surface area contributed by atoms with Crippen LogP contribution in [0.4, 0.5) is 5.69 Å². The zero-order chi connectivity index (χ0) is 8.43. The Morgan fingerprint density at radius 1 is 1.64 bits per heavy atom. The molecule has 60 valence electrons. The van der Waals surface area contributed by atoms with Crippen molar-refractivity contribution in [3.8, 4) is 0 Å². The van der Waals surface area contributed by atoms with Crippen molar-refractivity contribution in [1.82, 2.24) is 4.57 Å². The maximum absolute atomic E-state index is 11.1. The van der Waals surface area contributed by atoms with Gasteiger partial charge in [-0.1, -0.05) is 0 Å². The third kappa shape index (κ3) is 1.42. The van der Waals surface area contributed by atoms with Crippen LogP contribution in [0.3, 0.4) is 0 Å². The minimum Gasteiger partial charge on any atom is -0.397 e.